The van der Waals surface area contributed by atoms with E-state index in [9.17, 15) is 4.79 Å². The van der Waals surface area contributed by atoms with Crippen LogP contribution in [-0.4, -0.2) is 45.4 Å². The van der Waals surface area contributed by atoms with Crippen molar-refractivity contribution in [1.82, 2.24) is 4.90 Å². The number of ether oxygens (including phenoxy) is 4. The summed E-state index contributed by atoms with van der Waals surface area (Å²) in [6.07, 6.45) is 0. The number of benzene rings is 4. The van der Waals surface area contributed by atoms with Crippen LogP contribution in [0.2, 0.25) is 0 Å². The Morgan fingerprint density at radius 2 is 1.21 bits per heavy atom. The van der Waals surface area contributed by atoms with Gasteiger partial charge < -0.3 is 18.9 Å². The molecule has 4 aromatic rings. The van der Waals surface area contributed by atoms with Crippen LogP contribution in [0.1, 0.15) is 28.2 Å². The second kappa shape index (κ2) is 13.5. The minimum atomic E-state index is -0.675. The van der Waals surface area contributed by atoms with Gasteiger partial charge in [-0.1, -0.05) is 78.9 Å². The normalized spacial score (nSPS) is 12.4. The number of carbonyl (C=O) groups is 1. The zero-order chi connectivity index (χ0) is 27.6. The number of hydrogen-bond donors (Lipinski definition) is 0. The fourth-order valence-electron chi connectivity index (χ4n) is 4.92. The fraction of sp³-hybridized carbons (Fsp3) is 0.242. The highest BCUT2D eigenvalue weighted by molar-refractivity contribution is 5.78. The monoisotopic (exact) mass is 525 g/mol. The summed E-state index contributed by atoms with van der Waals surface area (Å²) in [4.78, 5) is 16.0. The van der Waals surface area contributed by atoms with Crippen LogP contribution in [0.25, 0.3) is 0 Å². The van der Waals surface area contributed by atoms with Gasteiger partial charge in [0.05, 0.1) is 28.4 Å². The van der Waals surface area contributed by atoms with Crippen molar-refractivity contribution in [3.63, 3.8) is 0 Å². The van der Waals surface area contributed by atoms with Crippen molar-refractivity contribution in [2.24, 2.45) is 0 Å². The van der Waals surface area contributed by atoms with Gasteiger partial charge in [0.1, 0.15) is 23.3 Å². The molecule has 4 rings (SSSR count). The zero-order valence-corrected chi connectivity index (χ0v) is 22.9. The largest absolute Gasteiger partial charge is 0.497 e. The second-order valence-electron chi connectivity index (χ2n) is 9.20. The lowest BCUT2D eigenvalue weighted by molar-refractivity contribution is -0.148. The summed E-state index contributed by atoms with van der Waals surface area (Å²) in [5.41, 5.74) is 3.97. The van der Waals surface area contributed by atoms with Gasteiger partial charge >= 0.3 is 5.97 Å². The summed E-state index contributed by atoms with van der Waals surface area (Å²) < 4.78 is 22.2. The summed E-state index contributed by atoms with van der Waals surface area (Å²) in [5.74, 6) is 1.28. The van der Waals surface area contributed by atoms with Crippen LogP contribution in [0.3, 0.4) is 0 Å². The van der Waals surface area contributed by atoms with Gasteiger partial charge in [0, 0.05) is 30.6 Å². The van der Waals surface area contributed by atoms with Crippen molar-refractivity contribution in [3.05, 3.63) is 125 Å². The first-order valence-corrected chi connectivity index (χ1v) is 12.8. The highest BCUT2D eigenvalue weighted by Gasteiger charge is 2.38. The molecule has 6 nitrogen and oxygen atoms in total. The Hall–Kier alpha value is -4.29. The Morgan fingerprint density at radius 3 is 1.69 bits per heavy atom. The molecule has 0 spiro atoms. The first kappa shape index (κ1) is 27.7. The maximum atomic E-state index is 13.8. The number of hydrogen-bond acceptors (Lipinski definition) is 6. The minimum Gasteiger partial charge on any atom is -0.497 e. The first-order valence-electron chi connectivity index (χ1n) is 12.8. The SMILES string of the molecule is COC(=O)[C@H]([C@@H](c1ccc(OC)cc1)c1ccc(OC)cc1OC)N(Cc1ccccc1)Cc1ccccc1. The third-order valence-electron chi connectivity index (χ3n) is 6.86. The highest BCUT2D eigenvalue weighted by atomic mass is 16.5. The van der Waals surface area contributed by atoms with Crippen molar-refractivity contribution in [2.45, 2.75) is 25.0 Å². The Bertz CT molecular complexity index is 1280. The average Bonchev–Trinajstić information content (AvgIpc) is 3.00. The molecule has 0 aromatic heterocycles. The van der Waals surface area contributed by atoms with E-state index in [-0.39, 0.29) is 5.97 Å². The summed E-state index contributed by atoms with van der Waals surface area (Å²) in [6, 6.07) is 33.1. The summed E-state index contributed by atoms with van der Waals surface area (Å²) in [6.45, 7) is 1.08. The number of methoxy groups -OCH3 is 4. The smallest absolute Gasteiger partial charge is 0.324 e. The molecule has 0 aliphatic rings. The van der Waals surface area contributed by atoms with E-state index in [0.717, 1.165) is 28.0 Å². The van der Waals surface area contributed by atoms with Gasteiger partial charge in [0.15, 0.2) is 0 Å². The predicted molar refractivity (Wildman–Crippen MR) is 152 cm³/mol. The highest BCUT2D eigenvalue weighted by Crippen LogP contribution is 2.40. The molecule has 0 fully saturated rings. The van der Waals surface area contributed by atoms with E-state index in [1.54, 1.807) is 21.3 Å². The Kier molecular flexibility index (Phi) is 9.59. The van der Waals surface area contributed by atoms with Crippen molar-refractivity contribution < 1.29 is 23.7 Å². The molecule has 6 heteroatoms. The first-order chi connectivity index (χ1) is 19.1. The van der Waals surface area contributed by atoms with Gasteiger partial charge in [-0.2, -0.15) is 0 Å². The molecule has 39 heavy (non-hydrogen) atoms. The lowest BCUT2D eigenvalue weighted by Crippen LogP contribution is -2.45. The molecule has 2 atom stereocenters. The van der Waals surface area contributed by atoms with Gasteiger partial charge in [-0.3, -0.25) is 9.69 Å². The van der Waals surface area contributed by atoms with Crippen LogP contribution in [0.4, 0.5) is 0 Å². The molecule has 0 unspecified atom stereocenters. The molecule has 0 saturated carbocycles. The Morgan fingerprint density at radius 1 is 0.667 bits per heavy atom. The summed E-state index contributed by atoms with van der Waals surface area (Å²) in [5, 5.41) is 0. The van der Waals surface area contributed by atoms with Crippen LogP contribution in [-0.2, 0) is 22.6 Å². The van der Waals surface area contributed by atoms with Crippen LogP contribution in [0, 0.1) is 0 Å². The average molecular weight is 526 g/mol. The van der Waals surface area contributed by atoms with E-state index < -0.39 is 12.0 Å². The second-order valence-corrected chi connectivity index (χ2v) is 9.20. The van der Waals surface area contributed by atoms with E-state index in [1.807, 2.05) is 78.9 Å². The third kappa shape index (κ3) is 6.78. The third-order valence-corrected chi connectivity index (χ3v) is 6.86. The van der Waals surface area contributed by atoms with Crippen molar-refractivity contribution >= 4 is 5.97 Å². The molecule has 0 N–H and O–H groups in total. The molecule has 0 aliphatic carbocycles. The van der Waals surface area contributed by atoms with Crippen molar-refractivity contribution in [3.8, 4) is 17.2 Å². The quantitative estimate of drug-likeness (QED) is 0.209. The molecule has 0 heterocycles. The standard InChI is InChI=1S/C33H35NO5/c1-36-27-17-15-26(16-18-27)31(29-20-19-28(37-2)21-30(29)38-3)32(33(35)39-4)34(22-24-11-7-5-8-12-24)23-25-13-9-6-10-14-25/h5-21,31-32H,22-23H2,1-4H3/t31-,32-/m0/s1. The molecule has 0 aliphatic heterocycles. The van der Waals surface area contributed by atoms with E-state index in [4.69, 9.17) is 18.9 Å². The van der Waals surface area contributed by atoms with E-state index >= 15 is 0 Å². The fourth-order valence-corrected chi connectivity index (χ4v) is 4.92. The zero-order valence-electron chi connectivity index (χ0n) is 22.9. The summed E-state index contributed by atoms with van der Waals surface area (Å²) >= 11 is 0. The molecule has 0 amide bonds. The molecule has 0 radical (unpaired) electrons. The molecule has 202 valence electrons. The van der Waals surface area contributed by atoms with Gasteiger partial charge in [-0.25, -0.2) is 0 Å². The molecular formula is C33H35NO5. The lowest BCUT2D eigenvalue weighted by atomic mass is 9.83. The van der Waals surface area contributed by atoms with Crippen LogP contribution >= 0.6 is 0 Å². The van der Waals surface area contributed by atoms with E-state index in [0.29, 0.717) is 24.6 Å². The van der Waals surface area contributed by atoms with Crippen molar-refractivity contribution in [1.29, 1.82) is 0 Å². The maximum absolute atomic E-state index is 13.8. The lowest BCUT2D eigenvalue weighted by Gasteiger charge is -2.36. The molecule has 0 saturated heterocycles. The number of rotatable bonds is 12. The van der Waals surface area contributed by atoms with Gasteiger partial charge in [0.25, 0.3) is 0 Å². The molecule has 0 bridgehead atoms. The van der Waals surface area contributed by atoms with Crippen LogP contribution in [0.5, 0.6) is 17.2 Å². The Labute approximate surface area is 230 Å². The maximum Gasteiger partial charge on any atom is 0.324 e. The molecular weight excluding hydrogens is 490 g/mol. The van der Waals surface area contributed by atoms with E-state index in [1.165, 1.54) is 7.11 Å². The number of esters is 1. The Balaban J connectivity index is 1.91. The van der Waals surface area contributed by atoms with Crippen molar-refractivity contribution in [2.75, 3.05) is 28.4 Å². The number of carbonyl (C=O) groups excluding carboxylic acids is 1. The van der Waals surface area contributed by atoms with E-state index in [2.05, 4.69) is 29.2 Å². The van der Waals surface area contributed by atoms with Crippen LogP contribution in [0.15, 0.2) is 103 Å². The topological polar surface area (TPSA) is 57.2 Å². The van der Waals surface area contributed by atoms with Gasteiger partial charge in [0.2, 0.25) is 0 Å². The predicted octanol–water partition coefficient (Wildman–Crippen LogP) is 6.09. The van der Waals surface area contributed by atoms with Crippen LogP contribution < -0.4 is 14.2 Å². The molecule has 4 aromatic carbocycles. The van der Waals surface area contributed by atoms with Gasteiger partial charge in [-0.05, 0) is 34.9 Å². The van der Waals surface area contributed by atoms with Gasteiger partial charge in [-0.15, -0.1) is 0 Å². The summed E-state index contributed by atoms with van der Waals surface area (Å²) in [7, 11) is 6.32. The number of nitrogens with zero attached hydrogens (tertiary/aromatic N) is 1. The minimum absolute atomic E-state index is 0.333.